The van der Waals surface area contributed by atoms with Crippen molar-refractivity contribution in [1.82, 2.24) is 0 Å². The lowest BCUT2D eigenvalue weighted by atomic mass is 10.1. The zero-order valence-electron chi connectivity index (χ0n) is 10.4. The number of hydrogen-bond donors (Lipinski definition) is 1. The van der Waals surface area contributed by atoms with Gasteiger partial charge in [0.05, 0.1) is 12.0 Å². The summed E-state index contributed by atoms with van der Waals surface area (Å²) in [6.45, 7) is 0. The molecule has 96 valence electrons. The van der Waals surface area contributed by atoms with Crippen molar-refractivity contribution in [1.29, 1.82) is 0 Å². The molecule has 1 aliphatic heterocycles. The minimum Gasteiger partial charge on any atom is -0.463 e. The van der Waals surface area contributed by atoms with Crippen LogP contribution in [0.25, 0.3) is 0 Å². The number of hydrogen-bond acceptors (Lipinski definition) is 4. The van der Waals surface area contributed by atoms with Gasteiger partial charge in [0.15, 0.2) is 11.9 Å². The number of furan rings is 1. The van der Waals surface area contributed by atoms with E-state index in [4.69, 9.17) is 10.2 Å². The van der Waals surface area contributed by atoms with Crippen molar-refractivity contribution in [2.45, 2.75) is 6.17 Å². The molecule has 1 aromatic carbocycles. The summed E-state index contributed by atoms with van der Waals surface area (Å²) >= 11 is 0. The molecule has 1 amide bonds. The van der Waals surface area contributed by atoms with Crippen LogP contribution in [0.5, 0.6) is 0 Å². The SMILES string of the molecule is CN1C(=O)C(N)N=C(c2ccco2)c2ccccc21. The number of anilines is 1. The van der Waals surface area contributed by atoms with Crippen LogP contribution in [0.2, 0.25) is 0 Å². The molecule has 2 N–H and O–H groups in total. The molecule has 2 heterocycles. The Morgan fingerprint density at radius 1 is 1.26 bits per heavy atom. The summed E-state index contributed by atoms with van der Waals surface area (Å²) in [5, 5.41) is 0. The zero-order valence-corrected chi connectivity index (χ0v) is 10.4. The fourth-order valence-electron chi connectivity index (χ4n) is 2.16. The van der Waals surface area contributed by atoms with E-state index in [1.807, 2.05) is 24.3 Å². The summed E-state index contributed by atoms with van der Waals surface area (Å²) in [6.07, 6.45) is 0.653. The standard InChI is InChI=1S/C14H13N3O2/c1-17-10-6-3-2-5-9(10)12(11-7-4-8-19-11)16-13(15)14(17)18/h2-8,13H,15H2,1H3. The third kappa shape index (κ3) is 1.84. The van der Waals surface area contributed by atoms with Gasteiger partial charge in [-0.05, 0) is 18.2 Å². The van der Waals surface area contributed by atoms with Gasteiger partial charge in [-0.25, -0.2) is 0 Å². The molecule has 1 atom stereocenters. The summed E-state index contributed by atoms with van der Waals surface area (Å²) in [5.41, 5.74) is 8.03. The van der Waals surface area contributed by atoms with Gasteiger partial charge in [0.2, 0.25) is 0 Å². The summed E-state index contributed by atoms with van der Waals surface area (Å²) in [4.78, 5) is 17.9. The number of nitrogens with zero attached hydrogens (tertiary/aromatic N) is 2. The number of carbonyl (C=O) groups is 1. The van der Waals surface area contributed by atoms with E-state index in [0.717, 1.165) is 11.3 Å². The number of nitrogens with two attached hydrogens (primary N) is 1. The Kier molecular flexibility index (Phi) is 2.68. The molecule has 0 spiro atoms. The largest absolute Gasteiger partial charge is 0.463 e. The van der Waals surface area contributed by atoms with E-state index in [1.54, 1.807) is 25.4 Å². The van der Waals surface area contributed by atoms with Gasteiger partial charge in [-0.2, -0.15) is 0 Å². The number of likely N-dealkylation sites (N-methyl/N-ethyl adjacent to an activating group) is 1. The first kappa shape index (κ1) is 11.7. The van der Waals surface area contributed by atoms with Gasteiger partial charge in [0, 0.05) is 12.6 Å². The minimum absolute atomic E-state index is 0.242. The van der Waals surface area contributed by atoms with Crippen LogP contribution in [0, 0.1) is 0 Å². The highest BCUT2D eigenvalue weighted by Crippen LogP contribution is 2.26. The quantitative estimate of drug-likeness (QED) is 0.836. The van der Waals surface area contributed by atoms with Gasteiger partial charge in [-0.1, -0.05) is 18.2 Å². The maximum atomic E-state index is 12.1. The fraction of sp³-hybridized carbons (Fsp3) is 0.143. The second-order valence-electron chi connectivity index (χ2n) is 4.31. The van der Waals surface area contributed by atoms with Crippen LogP contribution >= 0.6 is 0 Å². The molecule has 1 aliphatic rings. The topological polar surface area (TPSA) is 71.8 Å². The number of para-hydroxylation sites is 1. The van der Waals surface area contributed by atoms with Crippen molar-refractivity contribution in [2.75, 3.05) is 11.9 Å². The van der Waals surface area contributed by atoms with Gasteiger partial charge >= 0.3 is 0 Å². The first-order valence-electron chi connectivity index (χ1n) is 5.92. The molecular formula is C14H13N3O2. The Morgan fingerprint density at radius 2 is 2.05 bits per heavy atom. The van der Waals surface area contributed by atoms with Crippen molar-refractivity contribution in [2.24, 2.45) is 10.7 Å². The van der Waals surface area contributed by atoms with Crippen molar-refractivity contribution >= 4 is 17.3 Å². The lowest BCUT2D eigenvalue weighted by Gasteiger charge is -2.18. The Hall–Kier alpha value is -2.40. The van der Waals surface area contributed by atoms with Crippen LogP contribution in [0.15, 0.2) is 52.1 Å². The van der Waals surface area contributed by atoms with Gasteiger partial charge in [-0.15, -0.1) is 0 Å². The van der Waals surface area contributed by atoms with E-state index in [0.29, 0.717) is 11.5 Å². The number of rotatable bonds is 1. The van der Waals surface area contributed by atoms with E-state index in [9.17, 15) is 4.79 Å². The number of amides is 1. The highest BCUT2D eigenvalue weighted by atomic mass is 16.3. The number of aliphatic imine (C=N–C) groups is 1. The van der Waals surface area contributed by atoms with Crippen LogP contribution < -0.4 is 10.6 Å². The van der Waals surface area contributed by atoms with E-state index in [1.165, 1.54) is 4.90 Å². The highest BCUT2D eigenvalue weighted by molar-refractivity contribution is 6.18. The summed E-state index contributed by atoms with van der Waals surface area (Å²) in [6, 6.07) is 11.1. The van der Waals surface area contributed by atoms with Crippen LogP contribution in [0.3, 0.4) is 0 Å². The van der Waals surface area contributed by atoms with E-state index in [-0.39, 0.29) is 5.91 Å². The van der Waals surface area contributed by atoms with Crippen LogP contribution in [-0.4, -0.2) is 24.8 Å². The molecule has 5 nitrogen and oxygen atoms in total. The highest BCUT2D eigenvalue weighted by Gasteiger charge is 2.28. The summed E-state index contributed by atoms with van der Waals surface area (Å²) < 4.78 is 5.39. The minimum atomic E-state index is -0.919. The molecular weight excluding hydrogens is 242 g/mol. The molecule has 0 saturated heterocycles. The molecule has 0 bridgehead atoms. The lowest BCUT2D eigenvalue weighted by Crippen LogP contribution is -2.39. The van der Waals surface area contributed by atoms with Gasteiger partial charge in [0.1, 0.15) is 5.71 Å². The van der Waals surface area contributed by atoms with E-state index < -0.39 is 6.17 Å². The Morgan fingerprint density at radius 3 is 2.79 bits per heavy atom. The maximum Gasteiger partial charge on any atom is 0.266 e. The van der Waals surface area contributed by atoms with Crippen molar-refractivity contribution in [3.8, 4) is 0 Å². The first-order chi connectivity index (χ1) is 9.18. The predicted molar refractivity (Wildman–Crippen MR) is 72.2 cm³/mol. The predicted octanol–water partition coefficient (Wildman–Crippen LogP) is 1.38. The van der Waals surface area contributed by atoms with E-state index in [2.05, 4.69) is 4.99 Å². The third-order valence-corrected chi connectivity index (χ3v) is 3.13. The van der Waals surface area contributed by atoms with Crippen LogP contribution in [0.4, 0.5) is 5.69 Å². The number of carbonyl (C=O) groups excluding carboxylic acids is 1. The van der Waals surface area contributed by atoms with Gasteiger partial charge in [-0.3, -0.25) is 9.79 Å². The summed E-state index contributed by atoms with van der Waals surface area (Å²) in [5.74, 6) is 0.361. The van der Waals surface area contributed by atoms with Gasteiger partial charge in [0.25, 0.3) is 5.91 Å². The Bertz CT molecular complexity index is 646. The molecule has 19 heavy (non-hydrogen) atoms. The molecule has 0 saturated carbocycles. The molecule has 0 radical (unpaired) electrons. The summed E-state index contributed by atoms with van der Waals surface area (Å²) in [7, 11) is 1.70. The fourth-order valence-corrected chi connectivity index (χ4v) is 2.16. The molecule has 3 rings (SSSR count). The second-order valence-corrected chi connectivity index (χ2v) is 4.31. The average molecular weight is 255 g/mol. The van der Waals surface area contributed by atoms with E-state index >= 15 is 0 Å². The molecule has 5 heteroatoms. The van der Waals surface area contributed by atoms with Gasteiger partial charge < -0.3 is 15.1 Å². The molecule has 0 fully saturated rings. The smallest absolute Gasteiger partial charge is 0.266 e. The third-order valence-electron chi connectivity index (χ3n) is 3.13. The normalized spacial score (nSPS) is 18.8. The number of fused-ring (bicyclic) bond motifs is 1. The maximum absolute atomic E-state index is 12.1. The molecule has 1 aromatic heterocycles. The van der Waals surface area contributed by atoms with Crippen molar-refractivity contribution < 1.29 is 9.21 Å². The Labute approximate surface area is 110 Å². The van der Waals surface area contributed by atoms with Crippen LogP contribution in [-0.2, 0) is 4.79 Å². The van der Waals surface area contributed by atoms with Crippen molar-refractivity contribution in [3.63, 3.8) is 0 Å². The number of benzodiazepines with no additional fused rings is 1. The second kappa shape index (κ2) is 4.37. The molecule has 2 aromatic rings. The molecule has 1 unspecified atom stereocenters. The zero-order chi connectivity index (χ0) is 13.4. The lowest BCUT2D eigenvalue weighted by molar-refractivity contribution is -0.119. The molecule has 0 aliphatic carbocycles. The van der Waals surface area contributed by atoms with Crippen molar-refractivity contribution in [3.05, 3.63) is 54.0 Å². The van der Waals surface area contributed by atoms with Crippen LogP contribution in [0.1, 0.15) is 11.3 Å². The Balaban J connectivity index is 2.25. The average Bonchev–Trinajstić information content (AvgIpc) is 2.94. The monoisotopic (exact) mass is 255 g/mol. The number of benzene rings is 1. The first-order valence-corrected chi connectivity index (χ1v) is 5.92.